The van der Waals surface area contributed by atoms with Crippen LogP contribution in [-0.4, -0.2) is 23.5 Å². The van der Waals surface area contributed by atoms with Crippen LogP contribution in [-0.2, 0) is 10.3 Å². The van der Waals surface area contributed by atoms with E-state index < -0.39 is 0 Å². The van der Waals surface area contributed by atoms with Crippen LogP contribution in [0, 0.1) is 13.8 Å². The molecule has 1 atom stereocenters. The highest BCUT2D eigenvalue weighted by atomic mass is 35.5. The molecule has 1 unspecified atom stereocenters. The number of halogens is 2. The zero-order valence-corrected chi connectivity index (χ0v) is 15.4. The van der Waals surface area contributed by atoms with E-state index in [-0.39, 0.29) is 36.3 Å². The van der Waals surface area contributed by atoms with Crippen molar-refractivity contribution in [3.05, 3.63) is 15.6 Å². The monoisotopic (exact) mass is 353 g/mol. The van der Waals surface area contributed by atoms with E-state index in [0.29, 0.717) is 12.5 Å². The van der Waals surface area contributed by atoms with E-state index in [0.717, 1.165) is 23.7 Å². The number of hydrogen-bond acceptors (Lipinski definition) is 4. The molecule has 7 heteroatoms. The lowest BCUT2D eigenvalue weighted by Crippen LogP contribution is -2.43. The van der Waals surface area contributed by atoms with Crippen LogP contribution in [0.15, 0.2) is 0 Å². The van der Waals surface area contributed by atoms with Gasteiger partial charge in [0.1, 0.15) is 5.01 Å². The van der Waals surface area contributed by atoms with Crippen LogP contribution < -0.4 is 10.6 Å². The summed E-state index contributed by atoms with van der Waals surface area (Å²) in [5.41, 5.74) is 0.666. The van der Waals surface area contributed by atoms with E-state index in [1.54, 1.807) is 11.3 Å². The van der Waals surface area contributed by atoms with Gasteiger partial charge in [0.25, 0.3) is 0 Å². The van der Waals surface area contributed by atoms with Crippen LogP contribution in [0.2, 0.25) is 0 Å². The van der Waals surface area contributed by atoms with Gasteiger partial charge in [0.15, 0.2) is 0 Å². The Morgan fingerprint density at radius 3 is 2.57 bits per heavy atom. The molecule has 0 spiro atoms. The average molecular weight is 354 g/mol. The third-order valence-corrected chi connectivity index (χ3v) is 5.01. The fourth-order valence-electron chi connectivity index (χ4n) is 2.35. The first kappa shape index (κ1) is 20.6. The van der Waals surface area contributed by atoms with Crippen molar-refractivity contribution in [1.29, 1.82) is 0 Å². The average Bonchev–Trinajstić information content (AvgIpc) is 2.89. The predicted molar refractivity (Wildman–Crippen MR) is 92.9 cm³/mol. The van der Waals surface area contributed by atoms with Crippen molar-refractivity contribution < 1.29 is 4.79 Å². The summed E-state index contributed by atoms with van der Waals surface area (Å²) in [6, 6.07) is 0.343. The Bertz CT molecular complexity index is 451. The van der Waals surface area contributed by atoms with E-state index in [4.69, 9.17) is 0 Å². The standard InChI is InChI=1S/C14H23N3OS.2ClH/c1-9-10(2)19-13(16-9)14(3,4)17-12(18)8-11-6-5-7-15-11;;/h11,15H,5-8H2,1-4H3,(H,17,18);2*1H. The van der Waals surface area contributed by atoms with Crippen LogP contribution in [0.1, 0.15) is 48.7 Å². The van der Waals surface area contributed by atoms with E-state index in [2.05, 4.69) is 22.5 Å². The van der Waals surface area contributed by atoms with E-state index in [9.17, 15) is 4.79 Å². The number of amides is 1. The number of nitrogens with one attached hydrogen (secondary N) is 2. The lowest BCUT2D eigenvalue weighted by molar-refractivity contribution is -0.123. The van der Waals surface area contributed by atoms with Crippen LogP contribution in [0.3, 0.4) is 0 Å². The Labute approximate surface area is 143 Å². The summed E-state index contributed by atoms with van der Waals surface area (Å²) in [6.07, 6.45) is 2.84. The minimum Gasteiger partial charge on any atom is -0.345 e. The molecule has 1 fully saturated rings. The normalized spacial score (nSPS) is 17.8. The molecule has 1 amide bonds. The zero-order valence-electron chi connectivity index (χ0n) is 13.0. The van der Waals surface area contributed by atoms with Gasteiger partial charge in [-0.1, -0.05) is 0 Å². The lowest BCUT2D eigenvalue weighted by Gasteiger charge is -2.24. The summed E-state index contributed by atoms with van der Waals surface area (Å²) in [5, 5.41) is 7.44. The number of carbonyl (C=O) groups is 1. The number of aryl methyl sites for hydroxylation is 2. The zero-order chi connectivity index (χ0) is 14.0. The highest BCUT2D eigenvalue weighted by Crippen LogP contribution is 2.27. The Kier molecular flexibility index (Phi) is 8.18. The molecule has 1 aromatic heterocycles. The number of aromatic nitrogens is 1. The first-order valence-electron chi connectivity index (χ1n) is 6.87. The first-order chi connectivity index (χ1) is 8.88. The third kappa shape index (κ3) is 5.40. The predicted octanol–water partition coefficient (Wildman–Crippen LogP) is 3.10. The fraction of sp³-hybridized carbons (Fsp3) is 0.714. The van der Waals surface area contributed by atoms with E-state index in [1.165, 1.54) is 11.3 Å². The molecule has 0 bridgehead atoms. The van der Waals surface area contributed by atoms with E-state index in [1.807, 2.05) is 20.8 Å². The highest BCUT2D eigenvalue weighted by Gasteiger charge is 2.28. The van der Waals surface area contributed by atoms with Gasteiger partial charge in [0, 0.05) is 17.3 Å². The second-order valence-electron chi connectivity index (χ2n) is 5.83. The molecule has 2 heterocycles. The van der Waals surface area contributed by atoms with Crippen molar-refractivity contribution in [2.45, 2.75) is 58.5 Å². The van der Waals surface area contributed by atoms with E-state index >= 15 is 0 Å². The Morgan fingerprint density at radius 1 is 1.43 bits per heavy atom. The Morgan fingerprint density at radius 2 is 2.10 bits per heavy atom. The summed E-state index contributed by atoms with van der Waals surface area (Å²) in [5.74, 6) is 0.106. The van der Waals surface area contributed by atoms with Gasteiger partial charge in [-0.2, -0.15) is 0 Å². The van der Waals surface area contributed by atoms with Crippen LogP contribution in [0.25, 0.3) is 0 Å². The molecular weight excluding hydrogens is 329 g/mol. The van der Waals surface area contributed by atoms with Gasteiger partial charge in [-0.25, -0.2) is 4.98 Å². The Hall–Kier alpha value is -0.360. The number of thiazole rings is 1. The molecule has 122 valence electrons. The maximum atomic E-state index is 12.1. The molecular formula is C14H25Cl2N3OS. The fourth-order valence-corrected chi connectivity index (χ4v) is 3.32. The van der Waals surface area contributed by atoms with Gasteiger partial charge in [-0.05, 0) is 47.1 Å². The SMILES string of the molecule is Cc1nc(C(C)(C)NC(=O)CC2CCCN2)sc1C.Cl.Cl. The van der Waals surface area contributed by atoms with Gasteiger partial charge in [0.2, 0.25) is 5.91 Å². The van der Waals surface area contributed by atoms with Crippen molar-refractivity contribution in [3.8, 4) is 0 Å². The molecule has 0 aliphatic carbocycles. The summed E-state index contributed by atoms with van der Waals surface area (Å²) in [7, 11) is 0. The Balaban J connectivity index is 0.00000200. The molecule has 2 N–H and O–H groups in total. The molecule has 1 saturated heterocycles. The molecule has 0 aromatic carbocycles. The van der Waals surface area contributed by atoms with Crippen molar-refractivity contribution in [2.75, 3.05) is 6.54 Å². The maximum Gasteiger partial charge on any atom is 0.222 e. The topological polar surface area (TPSA) is 54.0 Å². The molecule has 2 rings (SSSR count). The minimum atomic E-state index is -0.390. The summed E-state index contributed by atoms with van der Waals surface area (Å²) >= 11 is 1.66. The van der Waals surface area contributed by atoms with Gasteiger partial charge >= 0.3 is 0 Å². The number of nitrogens with zero attached hydrogens (tertiary/aromatic N) is 1. The number of rotatable bonds is 4. The van der Waals surface area contributed by atoms with Crippen LogP contribution in [0.4, 0.5) is 0 Å². The van der Waals surface area contributed by atoms with Crippen molar-refractivity contribution in [3.63, 3.8) is 0 Å². The maximum absolute atomic E-state index is 12.1. The summed E-state index contributed by atoms with van der Waals surface area (Å²) in [6.45, 7) is 9.15. The van der Waals surface area contributed by atoms with Crippen LogP contribution >= 0.6 is 36.2 Å². The van der Waals surface area contributed by atoms with Gasteiger partial charge in [0.05, 0.1) is 11.2 Å². The molecule has 0 saturated carbocycles. The molecule has 0 radical (unpaired) electrons. The smallest absolute Gasteiger partial charge is 0.222 e. The van der Waals surface area contributed by atoms with Crippen molar-refractivity contribution >= 4 is 42.1 Å². The van der Waals surface area contributed by atoms with Crippen molar-refractivity contribution in [1.82, 2.24) is 15.6 Å². The number of carbonyl (C=O) groups excluding carboxylic acids is 1. The molecule has 1 aliphatic heterocycles. The summed E-state index contributed by atoms with van der Waals surface area (Å²) in [4.78, 5) is 17.9. The largest absolute Gasteiger partial charge is 0.345 e. The molecule has 21 heavy (non-hydrogen) atoms. The molecule has 1 aromatic rings. The van der Waals surface area contributed by atoms with Crippen LogP contribution in [0.5, 0.6) is 0 Å². The first-order valence-corrected chi connectivity index (χ1v) is 7.69. The quantitative estimate of drug-likeness (QED) is 0.874. The van der Waals surface area contributed by atoms with Crippen molar-refractivity contribution in [2.24, 2.45) is 0 Å². The second-order valence-corrected chi connectivity index (χ2v) is 7.03. The highest BCUT2D eigenvalue weighted by molar-refractivity contribution is 7.11. The molecule has 1 aliphatic rings. The minimum absolute atomic E-state index is 0. The second kappa shape index (κ2) is 8.32. The van der Waals surface area contributed by atoms with Gasteiger partial charge in [-0.3, -0.25) is 4.79 Å². The number of hydrogen-bond donors (Lipinski definition) is 2. The summed E-state index contributed by atoms with van der Waals surface area (Å²) < 4.78 is 0. The lowest BCUT2D eigenvalue weighted by atomic mass is 10.1. The van der Waals surface area contributed by atoms with Gasteiger partial charge < -0.3 is 10.6 Å². The molecule has 4 nitrogen and oxygen atoms in total. The third-order valence-electron chi connectivity index (χ3n) is 3.61. The van der Waals surface area contributed by atoms with Gasteiger partial charge in [-0.15, -0.1) is 36.2 Å².